The Balaban J connectivity index is 1.68. The van der Waals surface area contributed by atoms with Crippen molar-refractivity contribution in [2.24, 2.45) is 23.6 Å². The van der Waals surface area contributed by atoms with E-state index in [9.17, 15) is 4.39 Å². The minimum Gasteiger partial charge on any atom is -0.494 e. The van der Waals surface area contributed by atoms with E-state index in [1.807, 2.05) is 6.07 Å². The van der Waals surface area contributed by atoms with Crippen LogP contribution in [0.15, 0.2) is 18.2 Å². The summed E-state index contributed by atoms with van der Waals surface area (Å²) in [4.78, 5) is 0. The summed E-state index contributed by atoms with van der Waals surface area (Å²) < 4.78 is 18.6. The van der Waals surface area contributed by atoms with Gasteiger partial charge >= 0.3 is 0 Å². The lowest BCUT2D eigenvalue weighted by Gasteiger charge is -2.18. The van der Waals surface area contributed by atoms with E-state index in [0.717, 1.165) is 23.8 Å². The Hall–Kier alpha value is -1.13. The molecule has 2 fully saturated rings. The second-order valence-corrected chi connectivity index (χ2v) is 5.78. The number of hydrogen-bond donors (Lipinski definition) is 2. The van der Waals surface area contributed by atoms with E-state index < -0.39 is 0 Å². The Kier molecular flexibility index (Phi) is 3.46. The normalized spacial score (nSPS) is 29.9. The molecule has 0 radical (unpaired) electrons. The molecule has 104 valence electrons. The summed E-state index contributed by atoms with van der Waals surface area (Å²) in [5, 5.41) is 0. The van der Waals surface area contributed by atoms with Gasteiger partial charge in [-0.3, -0.25) is 11.3 Å². The standard InChI is InChI=1S/C15H21FN2O/c1-19-14-6-5-9(7-12(14)16)8-13(18-17)15-10-3-2-4-11(10)15/h5-7,10-11,13,15,18H,2-4,8,17H2,1H3. The molecular weight excluding hydrogens is 243 g/mol. The minimum absolute atomic E-state index is 0.267. The van der Waals surface area contributed by atoms with Gasteiger partial charge in [0.15, 0.2) is 11.6 Å². The summed E-state index contributed by atoms with van der Waals surface area (Å²) >= 11 is 0. The third kappa shape index (κ3) is 2.35. The zero-order valence-electron chi connectivity index (χ0n) is 11.2. The van der Waals surface area contributed by atoms with Crippen molar-refractivity contribution in [1.82, 2.24) is 5.43 Å². The summed E-state index contributed by atoms with van der Waals surface area (Å²) in [5.74, 6) is 8.07. The van der Waals surface area contributed by atoms with Gasteiger partial charge < -0.3 is 4.74 Å². The van der Waals surface area contributed by atoms with Crippen LogP contribution < -0.4 is 16.0 Å². The van der Waals surface area contributed by atoms with Gasteiger partial charge in [0.25, 0.3) is 0 Å². The number of ether oxygens (including phenoxy) is 1. The van der Waals surface area contributed by atoms with Crippen molar-refractivity contribution in [2.75, 3.05) is 7.11 Å². The number of nitrogens with one attached hydrogen (secondary N) is 1. The summed E-state index contributed by atoms with van der Waals surface area (Å²) in [5.41, 5.74) is 3.91. The van der Waals surface area contributed by atoms with Gasteiger partial charge in [-0.25, -0.2) is 4.39 Å². The van der Waals surface area contributed by atoms with Crippen LogP contribution in [0.1, 0.15) is 24.8 Å². The number of hydrogen-bond acceptors (Lipinski definition) is 3. The van der Waals surface area contributed by atoms with E-state index in [0.29, 0.717) is 11.7 Å². The molecule has 0 aromatic heterocycles. The first kappa shape index (κ1) is 12.9. The molecular formula is C15H21FN2O. The maximum absolute atomic E-state index is 13.7. The Morgan fingerprint density at radius 2 is 2.16 bits per heavy atom. The lowest BCUT2D eigenvalue weighted by molar-refractivity contribution is 0.384. The fourth-order valence-electron chi connectivity index (χ4n) is 3.87. The minimum atomic E-state index is -0.299. The van der Waals surface area contributed by atoms with E-state index in [1.165, 1.54) is 26.4 Å². The van der Waals surface area contributed by atoms with E-state index in [1.54, 1.807) is 12.1 Å². The summed E-state index contributed by atoms with van der Waals surface area (Å²) in [6.45, 7) is 0. The van der Waals surface area contributed by atoms with Gasteiger partial charge in [0, 0.05) is 6.04 Å². The van der Waals surface area contributed by atoms with Gasteiger partial charge in [0.2, 0.25) is 0 Å². The highest BCUT2D eigenvalue weighted by Crippen LogP contribution is 2.59. The number of benzene rings is 1. The van der Waals surface area contributed by atoms with Crippen LogP contribution in [0.3, 0.4) is 0 Å². The number of nitrogens with two attached hydrogens (primary N) is 1. The highest BCUT2D eigenvalue weighted by molar-refractivity contribution is 5.30. The predicted molar refractivity (Wildman–Crippen MR) is 72.1 cm³/mol. The Labute approximate surface area is 113 Å². The van der Waals surface area contributed by atoms with Crippen molar-refractivity contribution >= 4 is 0 Å². The monoisotopic (exact) mass is 264 g/mol. The average molecular weight is 264 g/mol. The van der Waals surface area contributed by atoms with Gasteiger partial charge in [-0.1, -0.05) is 12.5 Å². The van der Waals surface area contributed by atoms with Crippen molar-refractivity contribution in [3.05, 3.63) is 29.6 Å². The fourth-order valence-corrected chi connectivity index (χ4v) is 3.87. The van der Waals surface area contributed by atoms with E-state index in [-0.39, 0.29) is 11.9 Å². The number of fused-ring (bicyclic) bond motifs is 1. The molecule has 1 aromatic rings. The molecule has 0 heterocycles. The van der Waals surface area contributed by atoms with Crippen molar-refractivity contribution in [1.29, 1.82) is 0 Å². The lowest BCUT2D eigenvalue weighted by atomic mass is 9.97. The van der Waals surface area contributed by atoms with Gasteiger partial charge in [0.1, 0.15) is 0 Å². The number of hydrazine groups is 1. The second kappa shape index (κ2) is 5.10. The fraction of sp³-hybridized carbons (Fsp3) is 0.600. The zero-order valence-corrected chi connectivity index (χ0v) is 11.2. The smallest absolute Gasteiger partial charge is 0.165 e. The van der Waals surface area contributed by atoms with Crippen LogP contribution in [0.25, 0.3) is 0 Å². The van der Waals surface area contributed by atoms with Crippen molar-refractivity contribution < 1.29 is 9.13 Å². The van der Waals surface area contributed by atoms with Gasteiger partial charge in [-0.05, 0) is 54.7 Å². The molecule has 0 aliphatic heterocycles. The molecule has 19 heavy (non-hydrogen) atoms. The van der Waals surface area contributed by atoms with Crippen LogP contribution in [0.4, 0.5) is 4.39 Å². The molecule has 0 saturated heterocycles. The Bertz CT molecular complexity index is 455. The van der Waals surface area contributed by atoms with Crippen molar-refractivity contribution in [2.45, 2.75) is 31.7 Å². The molecule has 3 unspecified atom stereocenters. The Morgan fingerprint density at radius 3 is 2.74 bits per heavy atom. The van der Waals surface area contributed by atoms with Crippen LogP contribution >= 0.6 is 0 Å². The largest absolute Gasteiger partial charge is 0.494 e. The molecule has 2 saturated carbocycles. The lowest BCUT2D eigenvalue weighted by Crippen LogP contribution is -2.39. The third-order valence-electron chi connectivity index (χ3n) is 4.82. The molecule has 3 nitrogen and oxygen atoms in total. The van der Waals surface area contributed by atoms with Crippen LogP contribution in [0, 0.1) is 23.6 Å². The number of methoxy groups -OCH3 is 1. The molecule has 1 aromatic carbocycles. The van der Waals surface area contributed by atoms with Crippen molar-refractivity contribution in [3.8, 4) is 5.75 Å². The molecule has 0 amide bonds. The molecule has 3 rings (SSSR count). The quantitative estimate of drug-likeness (QED) is 0.633. The maximum Gasteiger partial charge on any atom is 0.165 e. The highest BCUT2D eigenvalue weighted by atomic mass is 19.1. The average Bonchev–Trinajstić information content (AvgIpc) is 2.88. The van der Waals surface area contributed by atoms with Crippen LogP contribution in [-0.2, 0) is 6.42 Å². The van der Waals surface area contributed by atoms with E-state index in [2.05, 4.69) is 5.43 Å². The van der Waals surface area contributed by atoms with Crippen LogP contribution in [0.2, 0.25) is 0 Å². The number of rotatable bonds is 5. The second-order valence-electron chi connectivity index (χ2n) is 5.78. The number of halogens is 1. The first-order chi connectivity index (χ1) is 9.24. The van der Waals surface area contributed by atoms with E-state index >= 15 is 0 Å². The van der Waals surface area contributed by atoms with Gasteiger partial charge in [0.05, 0.1) is 7.11 Å². The van der Waals surface area contributed by atoms with Crippen LogP contribution in [-0.4, -0.2) is 13.2 Å². The summed E-state index contributed by atoms with van der Waals surface area (Å²) in [7, 11) is 1.48. The highest BCUT2D eigenvalue weighted by Gasteiger charge is 2.55. The maximum atomic E-state index is 13.7. The van der Waals surface area contributed by atoms with Gasteiger partial charge in [-0.2, -0.15) is 0 Å². The third-order valence-corrected chi connectivity index (χ3v) is 4.82. The first-order valence-electron chi connectivity index (χ1n) is 7.03. The molecule has 0 bridgehead atoms. The van der Waals surface area contributed by atoms with E-state index in [4.69, 9.17) is 10.6 Å². The van der Waals surface area contributed by atoms with Gasteiger partial charge in [-0.15, -0.1) is 0 Å². The molecule has 2 aliphatic carbocycles. The Morgan fingerprint density at radius 1 is 1.42 bits per heavy atom. The predicted octanol–water partition coefficient (Wildman–Crippen LogP) is 2.25. The van der Waals surface area contributed by atoms with Crippen molar-refractivity contribution in [3.63, 3.8) is 0 Å². The molecule has 3 atom stereocenters. The molecule has 4 heteroatoms. The molecule has 2 aliphatic rings. The molecule has 0 spiro atoms. The first-order valence-corrected chi connectivity index (χ1v) is 7.03. The summed E-state index contributed by atoms with van der Waals surface area (Å²) in [6, 6.07) is 5.43. The molecule has 3 N–H and O–H groups in total. The van der Waals surface area contributed by atoms with Crippen LogP contribution in [0.5, 0.6) is 5.75 Å². The zero-order chi connectivity index (χ0) is 13.4. The topological polar surface area (TPSA) is 47.3 Å². The SMILES string of the molecule is COc1ccc(CC(NN)C2C3CCCC32)cc1F. The summed E-state index contributed by atoms with van der Waals surface area (Å²) in [6.07, 6.45) is 4.82.